The number of benzene rings is 1. The molecule has 0 radical (unpaired) electrons. The third-order valence-electron chi connectivity index (χ3n) is 4.65. The first kappa shape index (κ1) is 18.4. The molecule has 1 fully saturated rings. The third-order valence-corrected chi connectivity index (χ3v) is 4.65. The summed E-state index contributed by atoms with van der Waals surface area (Å²) in [5.74, 6) is -0.724. The van der Waals surface area contributed by atoms with E-state index in [0.29, 0.717) is 25.9 Å². The molecule has 2 heterocycles. The van der Waals surface area contributed by atoms with E-state index < -0.39 is 18.2 Å². The Morgan fingerprint density at radius 3 is 2.87 bits per heavy atom. The van der Waals surface area contributed by atoms with E-state index in [4.69, 9.17) is 0 Å². The fourth-order valence-corrected chi connectivity index (χ4v) is 3.54. The van der Waals surface area contributed by atoms with Gasteiger partial charge in [0.2, 0.25) is 0 Å². The largest absolute Gasteiger partial charge is 0.414 e. The average Bonchev–Trinajstić information content (AvgIpc) is 2.95. The van der Waals surface area contributed by atoms with E-state index in [-0.39, 0.29) is 12.4 Å². The molecule has 1 aromatic carbocycles. The SMILES string of the molecule is Cl.OC(C1CCCN(Cc2cccc3c2NCC3)C1)C(F)(F)F. The van der Waals surface area contributed by atoms with Crippen molar-refractivity contribution in [1.82, 2.24) is 4.90 Å². The van der Waals surface area contributed by atoms with Gasteiger partial charge in [0.05, 0.1) is 0 Å². The average molecular weight is 351 g/mol. The molecule has 2 N–H and O–H groups in total. The molecule has 3 rings (SSSR count). The van der Waals surface area contributed by atoms with E-state index >= 15 is 0 Å². The summed E-state index contributed by atoms with van der Waals surface area (Å²) in [6.45, 7) is 2.63. The van der Waals surface area contributed by atoms with Crippen LogP contribution < -0.4 is 5.32 Å². The number of alkyl halides is 3. The number of aliphatic hydroxyl groups excluding tert-OH is 1. The molecule has 7 heteroatoms. The molecule has 0 saturated carbocycles. The predicted molar refractivity (Wildman–Crippen MR) is 85.9 cm³/mol. The predicted octanol–water partition coefficient (Wildman–Crippen LogP) is 3.21. The molecule has 0 bridgehead atoms. The molecule has 0 aromatic heterocycles. The molecule has 2 unspecified atom stereocenters. The highest BCUT2D eigenvalue weighted by atomic mass is 35.5. The van der Waals surface area contributed by atoms with Gasteiger partial charge in [0, 0.05) is 31.2 Å². The van der Waals surface area contributed by atoms with Crippen LogP contribution in [0.5, 0.6) is 0 Å². The molecule has 1 aromatic rings. The van der Waals surface area contributed by atoms with Crippen molar-refractivity contribution in [2.45, 2.75) is 38.1 Å². The highest BCUT2D eigenvalue weighted by Gasteiger charge is 2.44. The first-order chi connectivity index (χ1) is 10.4. The minimum atomic E-state index is -4.52. The molecular weight excluding hydrogens is 329 g/mol. The van der Waals surface area contributed by atoms with Gasteiger partial charge in [0.15, 0.2) is 6.10 Å². The zero-order valence-corrected chi connectivity index (χ0v) is 13.6. The number of hydrogen-bond donors (Lipinski definition) is 2. The molecule has 1 saturated heterocycles. The van der Waals surface area contributed by atoms with Gasteiger partial charge in [-0.25, -0.2) is 0 Å². The fraction of sp³-hybridized carbons (Fsp3) is 0.625. The van der Waals surface area contributed by atoms with Crippen LogP contribution in [0.4, 0.5) is 18.9 Å². The number of rotatable bonds is 3. The number of nitrogens with one attached hydrogen (secondary N) is 1. The molecule has 23 heavy (non-hydrogen) atoms. The normalized spacial score (nSPS) is 22.9. The Hall–Kier alpha value is -0.980. The van der Waals surface area contributed by atoms with Gasteiger partial charge in [-0.3, -0.25) is 4.90 Å². The Bertz CT molecular complexity index is 539. The molecular formula is C16H22ClF3N2O. The summed E-state index contributed by atoms with van der Waals surface area (Å²) in [6, 6.07) is 6.12. The van der Waals surface area contributed by atoms with Crippen LogP contribution in [0.1, 0.15) is 24.0 Å². The van der Waals surface area contributed by atoms with Crippen LogP contribution >= 0.6 is 12.4 Å². The van der Waals surface area contributed by atoms with Gasteiger partial charge in [-0.1, -0.05) is 18.2 Å². The van der Waals surface area contributed by atoms with E-state index in [2.05, 4.69) is 11.4 Å². The third kappa shape index (κ3) is 4.11. The quantitative estimate of drug-likeness (QED) is 0.878. The van der Waals surface area contributed by atoms with Crippen LogP contribution in [-0.4, -0.2) is 41.9 Å². The lowest BCUT2D eigenvalue weighted by molar-refractivity contribution is -0.223. The lowest BCUT2D eigenvalue weighted by Crippen LogP contribution is -2.45. The topological polar surface area (TPSA) is 35.5 Å². The standard InChI is InChI=1S/C16H21F3N2O.ClH/c17-16(18,19)15(22)13-5-2-8-21(10-13)9-12-4-1-3-11-6-7-20-14(11)12;/h1,3-4,13,15,20,22H,2,5-10H2;1H. The first-order valence-electron chi connectivity index (χ1n) is 7.77. The summed E-state index contributed by atoms with van der Waals surface area (Å²) in [5, 5.41) is 12.8. The number of halogens is 4. The molecule has 2 atom stereocenters. The van der Waals surface area contributed by atoms with Gasteiger partial charge in [-0.2, -0.15) is 13.2 Å². The minimum Gasteiger partial charge on any atom is -0.384 e. The number of likely N-dealkylation sites (tertiary alicyclic amines) is 1. The van der Waals surface area contributed by atoms with Crippen molar-refractivity contribution in [3.05, 3.63) is 29.3 Å². The van der Waals surface area contributed by atoms with Crippen molar-refractivity contribution in [3.8, 4) is 0 Å². The van der Waals surface area contributed by atoms with Gasteiger partial charge in [0.25, 0.3) is 0 Å². The monoisotopic (exact) mass is 350 g/mol. The van der Waals surface area contributed by atoms with Gasteiger partial charge in [-0.15, -0.1) is 12.4 Å². The van der Waals surface area contributed by atoms with Crippen molar-refractivity contribution in [1.29, 1.82) is 0 Å². The zero-order valence-electron chi connectivity index (χ0n) is 12.8. The highest BCUT2D eigenvalue weighted by molar-refractivity contribution is 5.85. The van der Waals surface area contributed by atoms with Gasteiger partial charge >= 0.3 is 6.18 Å². The van der Waals surface area contributed by atoms with Crippen molar-refractivity contribution < 1.29 is 18.3 Å². The van der Waals surface area contributed by atoms with E-state index in [1.165, 1.54) is 5.56 Å². The Morgan fingerprint density at radius 1 is 1.35 bits per heavy atom. The summed E-state index contributed by atoms with van der Waals surface area (Å²) in [6.07, 6.45) is -4.61. The second-order valence-corrected chi connectivity index (χ2v) is 6.25. The number of anilines is 1. The molecule has 0 spiro atoms. The number of aliphatic hydroxyl groups is 1. The molecule has 0 aliphatic carbocycles. The molecule has 2 aliphatic rings. The van der Waals surface area contributed by atoms with Gasteiger partial charge < -0.3 is 10.4 Å². The number of para-hydroxylation sites is 1. The lowest BCUT2D eigenvalue weighted by Gasteiger charge is -2.35. The van der Waals surface area contributed by atoms with Crippen LogP contribution in [0.3, 0.4) is 0 Å². The van der Waals surface area contributed by atoms with Gasteiger partial charge in [0.1, 0.15) is 0 Å². The Kier molecular flexibility index (Phi) is 5.81. The van der Waals surface area contributed by atoms with Crippen molar-refractivity contribution in [2.24, 2.45) is 5.92 Å². The van der Waals surface area contributed by atoms with Crippen LogP contribution in [0.15, 0.2) is 18.2 Å². The molecule has 0 amide bonds. The van der Waals surface area contributed by atoms with E-state index in [9.17, 15) is 18.3 Å². The molecule has 130 valence electrons. The Labute approximate surface area is 140 Å². The summed E-state index contributed by atoms with van der Waals surface area (Å²) in [5.41, 5.74) is 3.56. The van der Waals surface area contributed by atoms with Crippen LogP contribution in [0.2, 0.25) is 0 Å². The number of nitrogens with zero attached hydrogens (tertiary/aromatic N) is 1. The fourth-order valence-electron chi connectivity index (χ4n) is 3.54. The maximum Gasteiger partial charge on any atom is 0.414 e. The second kappa shape index (κ2) is 7.28. The molecule has 2 aliphatic heterocycles. The smallest absolute Gasteiger partial charge is 0.384 e. The summed E-state index contributed by atoms with van der Waals surface area (Å²) in [7, 11) is 0. The summed E-state index contributed by atoms with van der Waals surface area (Å²) < 4.78 is 38.1. The highest BCUT2D eigenvalue weighted by Crippen LogP contribution is 2.33. The number of piperidine rings is 1. The maximum absolute atomic E-state index is 12.7. The van der Waals surface area contributed by atoms with Crippen LogP contribution in [0.25, 0.3) is 0 Å². The lowest BCUT2D eigenvalue weighted by atomic mass is 9.91. The maximum atomic E-state index is 12.7. The molecule has 3 nitrogen and oxygen atoms in total. The minimum absolute atomic E-state index is 0. The zero-order chi connectivity index (χ0) is 15.7. The summed E-state index contributed by atoms with van der Waals surface area (Å²) >= 11 is 0. The van der Waals surface area contributed by atoms with E-state index in [0.717, 1.165) is 30.8 Å². The van der Waals surface area contributed by atoms with Crippen molar-refractivity contribution in [2.75, 3.05) is 25.0 Å². The van der Waals surface area contributed by atoms with Crippen LogP contribution in [-0.2, 0) is 13.0 Å². The van der Waals surface area contributed by atoms with Gasteiger partial charge in [-0.05, 0) is 36.9 Å². The van der Waals surface area contributed by atoms with Crippen molar-refractivity contribution in [3.63, 3.8) is 0 Å². The second-order valence-electron chi connectivity index (χ2n) is 6.25. The Morgan fingerprint density at radius 2 is 2.13 bits per heavy atom. The van der Waals surface area contributed by atoms with E-state index in [1.807, 2.05) is 17.0 Å². The van der Waals surface area contributed by atoms with Crippen molar-refractivity contribution >= 4 is 18.1 Å². The van der Waals surface area contributed by atoms with E-state index in [1.54, 1.807) is 0 Å². The Balaban J connectivity index is 0.00000192. The number of fused-ring (bicyclic) bond motifs is 1. The first-order valence-corrected chi connectivity index (χ1v) is 7.77. The van der Waals surface area contributed by atoms with Crippen LogP contribution in [0, 0.1) is 5.92 Å². The number of hydrogen-bond acceptors (Lipinski definition) is 3. The summed E-state index contributed by atoms with van der Waals surface area (Å²) in [4.78, 5) is 2.03.